The summed E-state index contributed by atoms with van der Waals surface area (Å²) in [6.07, 6.45) is -5.07. The van der Waals surface area contributed by atoms with E-state index in [0.29, 0.717) is 12.2 Å². The average molecular weight is 323 g/mol. The lowest BCUT2D eigenvalue weighted by molar-refractivity contribution is -0.274. The molecule has 2 aromatic rings. The standard InChI is InChI=1S/C16H12F3NO3/c17-16(18,19)23-12-6-3-5-11(9-12)20-15(21)14-8-10-4-1-2-7-13(10)22-14/h1-7,9,14H,8H2,(H,20,21)/t14-/m0/s1. The fraction of sp³-hybridized carbons (Fsp3) is 0.188. The van der Waals surface area contributed by atoms with Crippen molar-refractivity contribution in [3.05, 3.63) is 54.1 Å². The quantitative estimate of drug-likeness (QED) is 0.940. The number of hydrogen-bond donors (Lipinski definition) is 1. The molecule has 1 atom stereocenters. The van der Waals surface area contributed by atoms with Crippen molar-refractivity contribution in [3.63, 3.8) is 0 Å². The number of para-hydroxylation sites is 1. The van der Waals surface area contributed by atoms with E-state index < -0.39 is 24.1 Å². The number of halogens is 3. The highest BCUT2D eigenvalue weighted by molar-refractivity contribution is 5.95. The summed E-state index contributed by atoms with van der Waals surface area (Å²) in [4.78, 5) is 12.2. The van der Waals surface area contributed by atoms with Crippen LogP contribution >= 0.6 is 0 Å². The van der Waals surface area contributed by atoms with E-state index in [0.717, 1.165) is 17.7 Å². The molecule has 23 heavy (non-hydrogen) atoms. The van der Waals surface area contributed by atoms with Crippen LogP contribution in [0.2, 0.25) is 0 Å². The van der Waals surface area contributed by atoms with Gasteiger partial charge in [0.25, 0.3) is 5.91 Å². The van der Waals surface area contributed by atoms with Crippen LogP contribution in [-0.2, 0) is 11.2 Å². The zero-order valence-electron chi connectivity index (χ0n) is 11.8. The van der Waals surface area contributed by atoms with Gasteiger partial charge < -0.3 is 14.8 Å². The number of nitrogens with one attached hydrogen (secondary N) is 1. The predicted molar refractivity (Wildman–Crippen MR) is 76.3 cm³/mol. The summed E-state index contributed by atoms with van der Waals surface area (Å²) in [6.45, 7) is 0. The first kappa shape index (κ1) is 15.2. The molecule has 0 bridgehead atoms. The molecule has 7 heteroatoms. The highest BCUT2D eigenvalue weighted by Gasteiger charge is 2.31. The SMILES string of the molecule is O=C(Nc1cccc(OC(F)(F)F)c1)[C@@H]1Cc2ccccc2O1. The van der Waals surface area contributed by atoms with Gasteiger partial charge in [-0.25, -0.2) is 0 Å². The maximum absolute atomic E-state index is 12.2. The second-order valence-electron chi connectivity index (χ2n) is 4.98. The summed E-state index contributed by atoms with van der Waals surface area (Å²) in [6, 6.07) is 12.4. The molecule has 0 unspecified atom stereocenters. The lowest BCUT2D eigenvalue weighted by Gasteiger charge is -2.13. The molecule has 2 aromatic carbocycles. The number of anilines is 1. The highest BCUT2D eigenvalue weighted by atomic mass is 19.4. The summed E-state index contributed by atoms with van der Waals surface area (Å²) in [5, 5.41) is 2.53. The Balaban J connectivity index is 1.66. The number of carbonyl (C=O) groups excluding carboxylic acids is 1. The second-order valence-corrected chi connectivity index (χ2v) is 4.98. The summed E-state index contributed by atoms with van der Waals surface area (Å²) in [5.41, 5.74) is 1.12. The lowest BCUT2D eigenvalue weighted by atomic mass is 10.1. The van der Waals surface area contributed by atoms with Gasteiger partial charge in [-0.2, -0.15) is 0 Å². The van der Waals surface area contributed by atoms with Gasteiger partial charge in [0.15, 0.2) is 6.10 Å². The Labute approximate surface area is 129 Å². The van der Waals surface area contributed by atoms with Crippen molar-refractivity contribution >= 4 is 11.6 Å². The van der Waals surface area contributed by atoms with Crippen molar-refractivity contribution in [2.45, 2.75) is 18.9 Å². The number of benzene rings is 2. The maximum atomic E-state index is 12.2. The molecule has 0 saturated heterocycles. The Morgan fingerprint density at radius 2 is 1.96 bits per heavy atom. The maximum Gasteiger partial charge on any atom is 0.573 e. The molecule has 0 aliphatic carbocycles. The minimum Gasteiger partial charge on any atom is -0.480 e. The molecular weight excluding hydrogens is 311 g/mol. The van der Waals surface area contributed by atoms with Crippen LogP contribution in [0.25, 0.3) is 0 Å². The van der Waals surface area contributed by atoms with Crippen molar-refractivity contribution in [1.29, 1.82) is 0 Å². The normalized spacial score (nSPS) is 16.4. The van der Waals surface area contributed by atoms with Crippen molar-refractivity contribution in [3.8, 4) is 11.5 Å². The number of hydrogen-bond acceptors (Lipinski definition) is 3. The molecule has 0 saturated carbocycles. The Morgan fingerprint density at radius 3 is 2.70 bits per heavy atom. The van der Waals surface area contributed by atoms with E-state index in [1.165, 1.54) is 12.1 Å². The van der Waals surface area contributed by atoms with E-state index in [1.807, 2.05) is 12.1 Å². The van der Waals surface area contributed by atoms with Crippen LogP contribution in [0.1, 0.15) is 5.56 Å². The number of fused-ring (bicyclic) bond motifs is 1. The van der Waals surface area contributed by atoms with Crippen LogP contribution in [0.3, 0.4) is 0 Å². The van der Waals surface area contributed by atoms with E-state index in [-0.39, 0.29) is 5.69 Å². The van der Waals surface area contributed by atoms with Gasteiger partial charge in [-0.1, -0.05) is 24.3 Å². The Hall–Kier alpha value is -2.70. The van der Waals surface area contributed by atoms with Gasteiger partial charge in [-0.15, -0.1) is 13.2 Å². The molecule has 1 amide bonds. The van der Waals surface area contributed by atoms with E-state index in [1.54, 1.807) is 12.1 Å². The monoisotopic (exact) mass is 323 g/mol. The molecule has 0 aromatic heterocycles. The number of amides is 1. The van der Waals surface area contributed by atoms with E-state index >= 15 is 0 Å². The van der Waals surface area contributed by atoms with Gasteiger partial charge in [-0.3, -0.25) is 4.79 Å². The third kappa shape index (κ3) is 3.74. The Kier molecular flexibility index (Phi) is 3.85. The van der Waals surface area contributed by atoms with Gasteiger partial charge in [0, 0.05) is 18.2 Å². The molecule has 4 nitrogen and oxygen atoms in total. The topological polar surface area (TPSA) is 47.6 Å². The van der Waals surface area contributed by atoms with Crippen molar-refractivity contribution in [2.24, 2.45) is 0 Å². The van der Waals surface area contributed by atoms with Gasteiger partial charge >= 0.3 is 6.36 Å². The van der Waals surface area contributed by atoms with Gasteiger partial charge in [-0.05, 0) is 23.8 Å². The number of carbonyl (C=O) groups is 1. The van der Waals surface area contributed by atoms with E-state index in [4.69, 9.17) is 4.74 Å². The third-order valence-corrected chi connectivity index (χ3v) is 3.27. The largest absolute Gasteiger partial charge is 0.573 e. The Morgan fingerprint density at radius 1 is 1.17 bits per heavy atom. The number of rotatable bonds is 3. The van der Waals surface area contributed by atoms with Crippen LogP contribution in [-0.4, -0.2) is 18.4 Å². The number of ether oxygens (including phenoxy) is 2. The minimum absolute atomic E-state index is 0.205. The zero-order chi connectivity index (χ0) is 16.4. The fourth-order valence-electron chi connectivity index (χ4n) is 2.32. The molecule has 0 radical (unpaired) electrons. The second kappa shape index (κ2) is 5.83. The van der Waals surface area contributed by atoms with Crippen LogP contribution < -0.4 is 14.8 Å². The first-order valence-electron chi connectivity index (χ1n) is 6.82. The molecular formula is C16H12F3NO3. The minimum atomic E-state index is -4.78. The molecule has 3 rings (SSSR count). The van der Waals surface area contributed by atoms with Crippen LogP contribution in [0, 0.1) is 0 Å². The molecule has 120 valence electrons. The highest BCUT2D eigenvalue weighted by Crippen LogP contribution is 2.29. The fourth-order valence-corrected chi connectivity index (χ4v) is 2.32. The Bertz CT molecular complexity index is 706. The van der Waals surface area contributed by atoms with Crippen molar-refractivity contribution in [2.75, 3.05) is 5.32 Å². The zero-order valence-corrected chi connectivity index (χ0v) is 11.8. The summed E-state index contributed by atoms with van der Waals surface area (Å²) in [7, 11) is 0. The molecule has 1 aliphatic rings. The van der Waals surface area contributed by atoms with Crippen LogP contribution in [0.5, 0.6) is 11.5 Å². The molecule has 1 N–H and O–H groups in total. The smallest absolute Gasteiger partial charge is 0.480 e. The van der Waals surface area contributed by atoms with Crippen molar-refractivity contribution in [1.82, 2.24) is 0 Å². The number of alkyl halides is 3. The summed E-state index contributed by atoms with van der Waals surface area (Å²) >= 11 is 0. The van der Waals surface area contributed by atoms with Crippen LogP contribution in [0.15, 0.2) is 48.5 Å². The molecule has 1 heterocycles. The van der Waals surface area contributed by atoms with E-state index in [2.05, 4.69) is 10.1 Å². The molecule has 0 fully saturated rings. The summed E-state index contributed by atoms with van der Waals surface area (Å²) in [5.74, 6) is -0.182. The average Bonchev–Trinajstić information content (AvgIpc) is 2.90. The van der Waals surface area contributed by atoms with Gasteiger partial charge in [0.05, 0.1) is 0 Å². The van der Waals surface area contributed by atoms with Gasteiger partial charge in [0.2, 0.25) is 0 Å². The van der Waals surface area contributed by atoms with Crippen molar-refractivity contribution < 1.29 is 27.4 Å². The van der Waals surface area contributed by atoms with Gasteiger partial charge in [0.1, 0.15) is 11.5 Å². The first-order valence-corrected chi connectivity index (χ1v) is 6.82. The third-order valence-electron chi connectivity index (χ3n) is 3.27. The van der Waals surface area contributed by atoms with Crippen LogP contribution in [0.4, 0.5) is 18.9 Å². The summed E-state index contributed by atoms with van der Waals surface area (Å²) < 4.78 is 46.0. The predicted octanol–water partition coefficient (Wildman–Crippen LogP) is 3.53. The van der Waals surface area contributed by atoms with E-state index in [9.17, 15) is 18.0 Å². The first-order chi connectivity index (χ1) is 10.9. The molecule has 1 aliphatic heterocycles. The lowest BCUT2D eigenvalue weighted by Crippen LogP contribution is -2.31. The molecule has 0 spiro atoms.